The van der Waals surface area contributed by atoms with Crippen LogP contribution < -0.4 is 0 Å². The van der Waals surface area contributed by atoms with Crippen LogP contribution in [0.4, 0.5) is 0 Å². The van der Waals surface area contributed by atoms with Gasteiger partial charge in [-0.1, -0.05) is 61.3 Å². The number of benzene rings is 2. The molecule has 0 saturated carbocycles. The van der Waals surface area contributed by atoms with E-state index in [1.165, 1.54) is 11.4 Å². The Morgan fingerprint density at radius 2 is 1.81 bits per heavy atom. The van der Waals surface area contributed by atoms with Gasteiger partial charge in [0.2, 0.25) is 15.9 Å². The summed E-state index contributed by atoms with van der Waals surface area (Å²) in [6.45, 7) is 3.65. The molecule has 196 valence electrons. The number of likely N-dealkylation sites (tertiary alicyclic amines) is 1. The third-order valence-corrected chi connectivity index (χ3v) is 8.80. The quantitative estimate of drug-likeness (QED) is 0.459. The maximum Gasteiger partial charge on any atom is 0.304 e. The van der Waals surface area contributed by atoms with Crippen molar-refractivity contribution in [2.75, 3.05) is 19.8 Å². The number of sulfonamides is 1. The fourth-order valence-corrected chi connectivity index (χ4v) is 5.89. The van der Waals surface area contributed by atoms with Gasteiger partial charge in [0.1, 0.15) is 0 Å². The van der Waals surface area contributed by atoms with Crippen molar-refractivity contribution < 1.29 is 23.1 Å². The first kappa shape index (κ1) is 28.4. The van der Waals surface area contributed by atoms with E-state index in [2.05, 4.69) is 0 Å². The van der Waals surface area contributed by atoms with E-state index in [-0.39, 0.29) is 24.8 Å². The average molecular weight is 556 g/mol. The first-order chi connectivity index (χ1) is 16.8. The molecule has 1 heterocycles. The van der Waals surface area contributed by atoms with E-state index in [1.807, 2.05) is 37.3 Å². The average Bonchev–Trinajstić information content (AvgIpc) is 2.78. The zero-order chi connectivity index (χ0) is 26.8. The van der Waals surface area contributed by atoms with Crippen molar-refractivity contribution in [3.63, 3.8) is 0 Å². The number of hydrogen-bond donors (Lipinski definition) is 1. The van der Waals surface area contributed by atoms with Crippen LogP contribution in [0.1, 0.15) is 56.2 Å². The molecular weight excluding hydrogens is 523 g/mol. The molecule has 0 bridgehead atoms. The third kappa shape index (κ3) is 6.22. The van der Waals surface area contributed by atoms with E-state index < -0.39 is 33.5 Å². The summed E-state index contributed by atoms with van der Waals surface area (Å²) in [5.74, 6) is -1.66. The van der Waals surface area contributed by atoms with Gasteiger partial charge in [-0.3, -0.25) is 9.59 Å². The second-order valence-corrected chi connectivity index (χ2v) is 12.8. The molecule has 0 radical (unpaired) electrons. The summed E-state index contributed by atoms with van der Waals surface area (Å²) in [6.07, 6.45) is 1.55. The number of carbonyl (C=O) groups is 2. The Hall–Kier alpha value is -2.13. The molecule has 1 aliphatic rings. The zero-order valence-electron chi connectivity index (χ0n) is 20.8. The molecule has 2 aromatic carbocycles. The largest absolute Gasteiger partial charge is 0.481 e. The number of nitrogens with zero attached hydrogens (tertiary/aromatic N) is 2. The SMILES string of the molecule is CC[C@@H](CN(C)S(C)(=O)=O)N1C(=O)[C@@](C)(CC(=O)O)C[C@H](c2cccc(Cl)c2)C1c1ccc(Cl)cc1. The highest BCUT2D eigenvalue weighted by atomic mass is 35.5. The molecule has 0 spiro atoms. The van der Waals surface area contributed by atoms with Crippen LogP contribution >= 0.6 is 23.2 Å². The molecule has 1 aliphatic heterocycles. The van der Waals surface area contributed by atoms with Gasteiger partial charge >= 0.3 is 5.97 Å². The molecule has 0 aromatic heterocycles. The number of piperidine rings is 1. The smallest absolute Gasteiger partial charge is 0.304 e. The Morgan fingerprint density at radius 3 is 2.33 bits per heavy atom. The summed E-state index contributed by atoms with van der Waals surface area (Å²) in [4.78, 5) is 27.7. The van der Waals surface area contributed by atoms with Crippen molar-refractivity contribution >= 4 is 45.1 Å². The van der Waals surface area contributed by atoms with Gasteiger partial charge in [0, 0.05) is 35.6 Å². The fourth-order valence-electron chi connectivity index (χ4n) is 5.13. The van der Waals surface area contributed by atoms with Gasteiger partial charge in [0.05, 0.1) is 24.1 Å². The summed E-state index contributed by atoms with van der Waals surface area (Å²) < 4.78 is 25.7. The molecule has 1 fully saturated rings. The highest BCUT2D eigenvalue weighted by Gasteiger charge is 2.52. The van der Waals surface area contributed by atoms with E-state index in [0.29, 0.717) is 22.9 Å². The molecule has 1 unspecified atom stereocenters. The molecule has 3 rings (SSSR count). The lowest BCUT2D eigenvalue weighted by Gasteiger charge is -2.52. The second-order valence-electron chi connectivity index (χ2n) is 9.81. The van der Waals surface area contributed by atoms with Crippen LogP contribution in [0.2, 0.25) is 10.0 Å². The summed E-state index contributed by atoms with van der Waals surface area (Å²) in [5, 5.41) is 10.8. The molecule has 10 heteroatoms. The van der Waals surface area contributed by atoms with Crippen LogP contribution in [0.25, 0.3) is 0 Å². The molecule has 0 aliphatic carbocycles. The number of hydrogen-bond acceptors (Lipinski definition) is 4. The van der Waals surface area contributed by atoms with Crippen molar-refractivity contribution in [1.29, 1.82) is 0 Å². The Labute approximate surface area is 223 Å². The molecule has 1 N–H and O–H groups in total. The maximum atomic E-state index is 14.2. The number of carboxylic acid groups (broad SMARTS) is 1. The molecule has 36 heavy (non-hydrogen) atoms. The van der Waals surface area contributed by atoms with E-state index >= 15 is 0 Å². The number of carbonyl (C=O) groups excluding carboxylic acids is 1. The Balaban J connectivity index is 2.24. The zero-order valence-corrected chi connectivity index (χ0v) is 23.1. The predicted octanol–water partition coefficient (Wildman–Crippen LogP) is 5.20. The lowest BCUT2D eigenvalue weighted by molar-refractivity contribution is -0.160. The summed E-state index contributed by atoms with van der Waals surface area (Å²) in [6, 6.07) is 13.6. The van der Waals surface area contributed by atoms with Crippen molar-refractivity contribution in [2.45, 2.75) is 51.1 Å². The van der Waals surface area contributed by atoms with Crippen LogP contribution in [0.5, 0.6) is 0 Å². The Morgan fingerprint density at radius 1 is 1.17 bits per heavy atom. The summed E-state index contributed by atoms with van der Waals surface area (Å²) in [7, 11) is -2.02. The Kier molecular flexibility index (Phi) is 8.76. The maximum absolute atomic E-state index is 14.2. The van der Waals surface area contributed by atoms with Gasteiger partial charge in [-0.15, -0.1) is 0 Å². The van der Waals surface area contributed by atoms with E-state index in [4.69, 9.17) is 23.2 Å². The molecule has 7 nitrogen and oxygen atoms in total. The van der Waals surface area contributed by atoms with Gasteiger partial charge in [-0.2, -0.15) is 0 Å². The monoisotopic (exact) mass is 554 g/mol. The lowest BCUT2D eigenvalue weighted by Crippen LogP contribution is -2.58. The van der Waals surface area contributed by atoms with Crippen LogP contribution in [-0.4, -0.2) is 60.5 Å². The lowest BCUT2D eigenvalue weighted by atomic mass is 9.67. The highest BCUT2D eigenvalue weighted by molar-refractivity contribution is 7.88. The van der Waals surface area contributed by atoms with Crippen molar-refractivity contribution in [2.24, 2.45) is 5.41 Å². The van der Waals surface area contributed by atoms with Gasteiger partial charge in [-0.25, -0.2) is 12.7 Å². The third-order valence-electron chi connectivity index (χ3n) is 7.03. The van der Waals surface area contributed by atoms with E-state index in [1.54, 1.807) is 30.0 Å². The molecule has 2 aromatic rings. The molecule has 4 atom stereocenters. The topological polar surface area (TPSA) is 95.0 Å². The minimum atomic E-state index is -3.50. The van der Waals surface area contributed by atoms with Gasteiger partial charge in [0.25, 0.3) is 0 Å². The standard InChI is InChI=1S/C26H32Cl2N2O5S/c1-5-21(16-29(3)36(4,34)35)30-24(17-9-11-19(27)12-10-17)22(18-7-6-8-20(28)13-18)14-26(2,25(30)33)15-23(31)32/h6-13,21-22,24H,5,14-16H2,1-4H3,(H,31,32)/t21-,22+,24?,26+/m0/s1. The van der Waals surface area contributed by atoms with Crippen LogP contribution in [0.3, 0.4) is 0 Å². The van der Waals surface area contributed by atoms with E-state index in [0.717, 1.165) is 17.4 Å². The predicted molar refractivity (Wildman–Crippen MR) is 142 cm³/mol. The van der Waals surface area contributed by atoms with Crippen LogP contribution in [0.15, 0.2) is 48.5 Å². The number of likely N-dealkylation sites (N-methyl/N-ethyl adjacent to an activating group) is 1. The number of aliphatic carboxylic acids is 1. The number of carboxylic acids is 1. The number of amides is 1. The second kappa shape index (κ2) is 11.1. The van der Waals surface area contributed by atoms with Crippen molar-refractivity contribution in [3.05, 3.63) is 69.7 Å². The summed E-state index contributed by atoms with van der Waals surface area (Å²) in [5.41, 5.74) is 0.511. The van der Waals surface area contributed by atoms with Gasteiger partial charge in [-0.05, 0) is 48.2 Å². The number of rotatable bonds is 9. The highest BCUT2D eigenvalue weighted by Crippen LogP contribution is 2.52. The van der Waals surface area contributed by atoms with Crippen LogP contribution in [-0.2, 0) is 19.6 Å². The van der Waals surface area contributed by atoms with Crippen molar-refractivity contribution in [1.82, 2.24) is 9.21 Å². The molecule has 1 amide bonds. The van der Waals surface area contributed by atoms with Gasteiger partial charge in [0.15, 0.2) is 0 Å². The first-order valence-electron chi connectivity index (χ1n) is 11.7. The minimum absolute atomic E-state index is 0.0799. The van der Waals surface area contributed by atoms with Gasteiger partial charge < -0.3 is 10.0 Å². The summed E-state index contributed by atoms with van der Waals surface area (Å²) >= 11 is 12.5. The molecule has 1 saturated heterocycles. The fraction of sp³-hybridized carbons (Fsp3) is 0.462. The van der Waals surface area contributed by atoms with Crippen LogP contribution in [0, 0.1) is 5.41 Å². The Bertz CT molecular complexity index is 1220. The van der Waals surface area contributed by atoms with Crippen molar-refractivity contribution in [3.8, 4) is 0 Å². The number of halogens is 2. The molecular formula is C26H32Cl2N2O5S. The van der Waals surface area contributed by atoms with E-state index in [9.17, 15) is 23.1 Å². The minimum Gasteiger partial charge on any atom is -0.481 e. The normalized spacial score (nSPS) is 23.6. The first-order valence-corrected chi connectivity index (χ1v) is 14.3.